The first kappa shape index (κ1) is 7.76. The largest absolute Gasteiger partial charge is 0.363 e. The van der Waals surface area contributed by atoms with Crippen LogP contribution in [0.4, 0.5) is 0 Å². The number of hydrogen-bond donors (Lipinski definition) is 2. The summed E-state index contributed by atoms with van der Waals surface area (Å²) in [6, 6.07) is 6.20. The fourth-order valence-corrected chi connectivity index (χ4v) is 1.92. The van der Waals surface area contributed by atoms with Gasteiger partial charge in [-0.1, -0.05) is 6.07 Å². The van der Waals surface area contributed by atoms with Crippen molar-refractivity contribution in [3.63, 3.8) is 0 Å². The molecule has 3 heteroatoms. The van der Waals surface area contributed by atoms with E-state index >= 15 is 0 Å². The summed E-state index contributed by atoms with van der Waals surface area (Å²) in [6.07, 6.45) is 3.82. The highest BCUT2D eigenvalue weighted by molar-refractivity contribution is 5.66. The molecule has 1 aliphatic rings. The molecule has 0 bridgehead atoms. The highest BCUT2D eigenvalue weighted by Gasteiger charge is 2.14. The first-order valence-corrected chi connectivity index (χ1v) is 4.76. The van der Waals surface area contributed by atoms with E-state index in [9.17, 15) is 0 Å². The molecule has 0 fully saturated rings. The number of hydrogen-bond acceptors (Lipinski definition) is 2. The molecule has 0 amide bonds. The van der Waals surface area contributed by atoms with Gasteiger partial charge >= 0.3 is 0 Å². The van der Waals surface area contributed by atoms with Gasteiger partial charge in [-0.05, 0) is 17.7 Å². The van der Waals surface area contributed by atoms with Crippen molar-refractivity contribution in [2.75, 3.05) is 0 Å². The van der Waals surface area contributed by atoms with Crippen LogP contribution in [0.15, 0.2) is 30.6 Å². The maximum atomic E-state index is 4.43. The van der Waals surface area contributed by atoms with Gasteiger partial charge in [-0.25, -0.2) is 0 Å². The van der Waals surface area contributed by atoms with Crippen molar-refractivity contribution in [1.29, 1.82) is 0 Å². The summed E-state index contributed by atoms with van der Waals surface area (Å²) < 4.78 is 0. The lowest BCUT2D eigenvalue weighted by atomic mass is 10.1. The van der Waals surface area contributed by atoms with E-state index < -0.39 is 0 Å². The fraction of sp³-hybridized carbons (Fsp3) is 0.182. The van der Waals surface area contributed by atoms with Crippen LogP contribution in [0.5, 0.6) is 0 Å². The van der Waals surface area contributed by atoms with Crippen LogP contribution in [-0.4, -0.2) is 9.97 Å². The molecule has 0 unspecified atom stereocenters. The average molecular weight is 185 g/mol. The Bertz CT molecular complexity index is 459. The monoisotopic (exact) mass is 185 g/mol. The van der Waals surface area contributed by atoms with Gasteiger partial charge in [-0.2, -0.15) is 0 Å². The van der Waals surface area contributed by atoms with E-state index in [0.717, 1.165) is 18.8 Å². The molecule has 0 saturated heterocycles. The van der Waals surface area contributed by atoms with Crippen LogP contribution in [0.1, 0.15) is 11.3 Å². The highest BCUT2D eigenvalue weighted by atomic mass is 14.9. The van der Waals surface area contributed by atoms with Gasteiger partial charge in [0.2, 0.25) is 0 Å². The second-order valence-electron chi connectivity index (χ2n) is 3.48. The normalized spacial score (nSPS) is 14.3. The highest BCUT2D eigenvalue weighted by Crippen LogP contribution is 2.26. The van der Waals surface area contributed by atoms with Gasteiger partial charge in [-0.15, -0.1) is 0 Å². The van der Waals surface area contributed by atoms with E-state index in [-0.39, 0.29) is 0 Å². The summed E-state index contributed by atoms with van der Waals surface area (Å²) >= 11 is 0. The van der Waals surface area contributed by atoms with Gasteiger partial charge < -0.3 is 10.3 Å². The minimum atomic E-state index is 0.888. The van der Waals surface area contributed by atoms with Gasteiger partial charge in [0, 0.05) is 36.7 Å². The van der Waals surface area contributed by atoms with Crippen LogP contribution in [0.25, 0.3) is 11.3 Å². The zero-order chi connectivity index (χ0) is 9.38. The lowest BCUT2D eigenvalue weighted by Crippen LogP contribution is -2.10. The Kier molecular flexibility index (Phi) is 1.64. The average Bonchev–Trinajstić information content (AvgIpc) is 2.61. The molecular formula is C11H11N3. The van der Waals surface area contributed by atoms with E-state index in [1.54, 1.807) is 0 Å². The molecule has 70 valence electrons. The first-order chi connectivity index (χ1) is 6.95. The smallest absolute Gasteiger partial charge is 0.0765 e. The van der Waals surface area contributed by atoms with E-state index in [1.165, 1.54) is 16.8 Å². The lowest BCUT2D eigenvalue weighted by Gasteiger charge is -2.02. The van der Waals surface area contributed by atoms with Crippen LogP contribution < -0.4 is 5.32 Å². The Hall–Kier alpha value is -1.61. The molecule has 2 aromatic rings. The van der Waals surface area contributed by atoms with Crippen molar-refractivity contribution in [2.45, 2.75) is 13.1 Å². The Balaban J connectivity index is 2.27. The molecule has 3 nitrogen and oxygen atoms in total. The molecule has 0 aromatic carbocycles. The number of H-pyrrole nitrogens is 1. The molecule has 3 rings (SSSR count). The molecule has 3 heterocycles. The molecule has 14 heavy (non-hydrogen) atoms. The van der Waals surface area contributed by atoms with Gasteiger partial charge in [-0.3, -0.25) is 4.98 Å². The SMILES string of the molecule is c1cnc2c(c1)CNCc1[nH]ccc1-2. The summed E-state index contributed by atoms with van der Waals surface area (Å²) in [5.74, 6) is 0. The minimum Gasteiger partial charge on any atom is -0.363 e. The van der Waals surface area contributed by atoms with Crippen molar-refractivity contribution in [3.8, 4) is 11.3 Å². The number of rotatable bonds is 0. The lowest BCUT2D eigenvalue weighted by molar-refractivity contribution is 0.692. The maximum absolute atomic E-state index is 4.43. The van der Waals surface area contributed by atoms with E-state index in [2.05, 4.69) is 27.4 Å². The molecule has 0 aliphatic carbocycles. The molecule has 0 radical (unpaired) electrons. The summed E-state index contributed by atoms with van der Waals surface area (Å²) in [7, 11) is 0. The predicted molar refractivity (Wildman–Crippen MR) is 54.6 cm³/mol. The van der Waals surface area contributed by atoms with Gasteiger partial charge in [0.25, 0.3) is 0 Å². The van der Waals surface area contributed by atoms with Crippen molar-refractivity contribution in [3.05, 3.63) is 41.9 Å². The van der Waals surface area contributed by atoms with Crippen LogP contribution in [-0.2, 0) is 13.1 Å². The van der Waals surface area contributed by atoms with E-state index in [1.807, 2.05) is 18.5 Å². The molecule has 2 N–H and O–H groups in total. The number of aromatic nitrogens is 2. The molecular weight excluding hydrogens is 174 g/mol. The van der Waals surface area contributed by atoms with E-state index in [4.69, 9.17) is 0 Å². The zero-order valence-electron chi connectivity index (χ0n) is 7.75. The topological polar surface area (TPSA) is 40.7 Å². The third-order valence-electron chi connectivity index (χ3n) is 2.60. The predicted octanol–water partition coefficient (Wildman–Crippen LogP) is 1.68. The number of nitrogens with one attached hydrogen (secondary N) is 2. The minimum absolute atomic E-state index is 0.888. The summed E-state index contributed by atoms with van der Waals surface area (Å²) in [5.41, 5.74) is 4.83. The van der Waals surface area contributed by atoms with Crippen LogP contribution in [0, 0.1) is 0 Å². The molecule has 2 aromatic heterocycles. The molecule has 0 saturated carbocycles. The van der Waals surface area contributed by atoms with Crippen LogP contribution >= 0.6 is 0 Å². The first-order valence-electron chi connectivity index (χ1n) is 4.76. The molecule has 0 atom stereocenters. The number of nitrogens with zero attached hydrogens (tertiary/aromatic N) is 1. The third kappa shape index (κ3) is 1.06. The van der Waals surface area contributed by atoms with Gasteiger partial charge in [0.15, 0.2) is 0 Å². The third-order valence-corrected chi connectivity index (χ3v) is 2.60. The quantitative estimate of drug-likeness (QED) is 0.655. The summed E-state index contributed by atoms with van der Waals surface area (Å²) in [4.78, 5) is 7.67. The Labute approximate surface area is 82.2 Å². The number of aromatic amines is 1. The molecule has 1 aliphatic heterocycles. The Morgan fingerprint density at radius 1 is 1.21 bits per heavy atom. The van der Waals surface area contributed by atoms with Crippen molar-refractivity contribution in [2.24, 2.45) is 0 Å². The molecule has 0 spiro atoms. The Morgan fingerprint density at radius 3 is 3.21 bits per heavy atom. The second kappa shape index (κ2) is 2.96. The maximum Gasteiger partial charge on any atom is 0.0765 e. The second-order valence-corrected chi connectivity index (χ2v) is 3.48. The van der Waals surface area contributed by atoms with Crippen LogP contribution in [0.2, 0.25) is 0 Å². The number of fused-ring (bicyclic) bond motifs is 3. The van der Waals surface area contributed by atoms with Crippen molar-refractivity contribution in [1.82, 2.24) is 15.3 Å². The van der Waals surface area contributed by atoms with Crippen LogP contribution in [0.3, 0.4) is 0 Å². The van der Waals surface area contributed by atoms with Crippen molar-refractivity contribution < 1.29 is 0 Å². The fourth-order valence-electron chi connectivity index (χ4n) is 1.92. The Morgan fingerprint density at radius 2 is 2.21 bits per heavy atom. The zero-order valence-corrected chi connectivity index (χ0v) is 7.75. The summed E-state index contributed by atoms with van der Waals surface area (Å²) in [6.45, 7) is 1.78. The van der Waals surface area contributed by atoms with Gasteiger partial charge in [0.1, 0.15) is 0 Å². The summed E-state index contributed by atoms with van der Waals surface area (Å²) in [5, 5.41) is 3.37. The standard InChI is InChI=1S/C11H11N3/c1-2-8-6-12-7-10-9(3-5-13-10)11(8)14-4-1/h1-5,12-13H,6-7H2. The van der Waals surface area contributed by atoms with E-state index in [0.29, 0.717) is 0 Å². The van der Waals surface area contributed by atoms with Gasteiger partial charge in [0.05, 0.1) is 5.69 Å². The van der Waals surface area contributed by atoms with Crippen molar-refractivity contribution >= 4 is 0 Å². The number of pyridine rings is 1.